The number of hydrogen-bond acceptors (Lipinski definition) is 4. The zero-order valence-electron chi connectivity index (χ0n) is 30.0. The predicted molar refractivity (Wildman–Crippen MR) is 197 cm³/mol. The van der Waals surface area contributed by atoms with Gasteiger partial charge in [-0.05, 0) is 91.1 Å². The van der Waals surface area contributed by atoms with E-state index in [0.29, 0.717) is 25.8 Å². The van der Waals surface area contributed by atoms with Crippen LogP contribution in [0, 0.1) is 0 Å². The third-order valence-electron chi connectivity index (χ3n) is 7.76. The quantitative estimate of drug-likeness (QED) is 0.0424. The monoisotopic (exact) mass is 626 g/mol. The van der Waals surface area contributed by atoms with E-state index in [9.17, 15) is 9.59 Å². The van der Waals surface area contributed by atoms with Gasteiger partial charge < -0.3 is 9.64 Å². The van der Waals surface area contributed by atoms with Crippen molar-refractivity contribution in [3.05, 3.63) is 60.8 Å². The van der Waals surface area contributed by atoms with Crippen LogP contribution in [0.1, 0.15) is 162 Å². The van der Waals surface area contributed by atoms with Crippen LogP contribution in [0.5, 0.6) is 0 Å². The fraction of sp³-hybridized carbons (Fsp3) is 0.707. The summed E-state index contributed by atoms with van der Waals surface area (Å²) in [5, 5.41) is 0. The molecule has 0 aliphatic heterocycles. The Morgan fingerprint density at radius 1 is 0.556 bits per heavy atom. The number of hydrogen-bond donors (Lipinski definition) is 0. The van der Waals surface area contributed by atoms with Gasteiger partial charge in [-0.25, -0.2) is 0 Å². The molecule has 0 aliphatic rings. The summed E-state index contributed by atoms with van der Waals surface area (Å²) in [6, 6.07) is 0. The van der Waals surface area contributed by atoms with Crippen molar-refractivity contribution < 1.29 is 14.3 Å². The zero-order valence-corrected chi connectivity index (χ0v) is 30.0. The van der Waals surface area contributed by atoms with Gasteiger partial charge in [0.25, 0.3) is 0 Å². The van der Waals surface area contributed by atoms with Gasteiger partial charge in [0.15, 0.2) is 0 Å². The first kappa shape index (κ1) is 42.8. The first-order valence-electron chi connectivity index (χ1n) is 18.6. The van der Waals surface area contributed by atoms with Crippen LogP contribution in [-0.2, 0) is 14.3 Å². The molecule has 4 nitrogen and oxygen atoms in total. The predicted octanol–water partition coefficient (Wildman–Crippen LogP) is 11.8. The number of rotatable bonds is 32. The van der Waals surface area contributed by atoms with Crippen molar-refractivity contribution in [1.29, 1.82) is 0 Å². The highest BCUT2D eigenvalue weighted by Gasteiger charge is 2.19. The zero-order chi connectivity index (χ0) is 33.1. The van der Waals surface area contributed by atoms with Gasteiger partial charge >= 0.3 is 5.97 Å². The number of likely N-dealkylation sites (N-methyl/N-ethyl adjacent to an activating group) is 1. The van der Waals surface area contributed by atoms with Gasteiger partial charge in [-0.1, -0.05) is 126 Å². The van der Waals surface area contributed by atoms with Gasteiger partial charge in [0.05, 0.1) is 0 Å². The third kappa shape index (κ3) is 34.5. The molecule has 0 heterocycles. The molecule has 1 unspecified atom stereocenters. The second-order valence-corrected chi connectivity index (χ2v) is 12.7. The number of ether oxygens (including phenoxy) is 1. The molecule has 0 radical (unpaired) electrons. The summed E-state index contributed by atoms with van der Waals surface area (Å²) in [6.45, 7) is 5.00. The Hall–Kier alpha value is -2.20. The van der Waals surface area contributed by atoms with Crippen molar-refractivity contribution in [1.82, 2.24) is 4.90 Å². The topological polar surface area (TPSA) is 46.6 Å². The van der Waals surface area contributed by atoms with Crippen molar-refractivity contribution in [2.24, 2.45) is 0 Å². The van der Waals surface area contributed by atoms with E-state index >= 15 is 0 Å². The van der Waals surface area contributed by atoms with Crippen LogP contribution in [0.2, 0.25) is 0 Å². The maximum absolute atomic E-state index is 12.6. The molecule has 1 atom stereocenters. The first-order chi connectivity index (χ1) is 22.0. The fourth-order valence-electron chi connectivity index (χ4n) is 5.17. The standard InChI is InChI=1S/C41H71NO3/c1-5-7-9-11-13-15-17-19-21-23-25-27-29-31-33-35-39(43)37-40(38-42(3)4)45-41(44)36-34-32-30-28-26-24-22-20-18-16-14-12-10-8-6-2/h7,9,13-16,19-22,40H,5-6,8,10-12,17-18,23-38H2,1-4H3/b9-7-,15-13-,16-14-,21-19-,22-20-. The van der Waals surface area contributed by atoms with Crippen molar-refractivity contribution in [2.75, 3.05) is 20.6 Å². The minimum atomic E-state index is -0.340. The summed E-state index contributed by atoms with van der Waals surface area (Å²) in [5.74, 6) is 0.0578. The number of carbonyl (C=O) groups excluding carboxylic acids is 2. The van der Waals surface area contributed by atoms with Crippen LogP contribution < -0.4 is 0 Å². The van der Waals surface area contributed by atoms with Crippen LogP contribution in [0.25, 0.3) is 0 Å². The fourth-order valence-corrected chi connectivity index (χ4v) is 5.17. The number of esters is 1. The highest BCUT2D eigenvalue weighted by molar-refractivity contribution is 5.79. The molecular weight excluding hydrogens is 554 g/mol. The smallest absolute Gasteiger partial charge is 0.306 e. The lowest BCUT2D eigenvalue weighted by molar-refractivity contribution is -0.151. The lowest BCUT2D eigenvalue weighted by Gasteiger charge is -2.21. The van der Waals surface area contributed by atoms with Crippen LogP contribution >= 0.6 is 0 Å². The molecule has 0 N–H and O–H groups in total. The summed E-state index contributed by atoms with van der Waals surface area (Å²) in [7, 11) is 3.92. The van der Waals surface area contributed by atoms with E-state index in [2.05, 4.69) is 74.6 Å². The second-order valence-electron chi connectivity index (χ2n) is 12.7. The Kier molecular flexibility index (Phi) is 33.0. The number of allylic oxidation sites excluding steroid dienone is 10. The molecule has 0 aromatic carbocycles. The lowest BCUT2D eigenvalue weighted by atomic mass is 10.0. The molecule has 4 heteroatoms. The van der Waals surface area contributed by atoms with E-state index in [0.717, 1.165) is 70.6 Å². The van der Waals surface area contributed by atoms with E-state index in [1.54, 1.807) is 0 Å². The molecule has 258 valence electrons. The van der Waals surface area contributed by atoms with Crippen LogP contribution in [0.3, 0.4) is 0 Å². The average Bonchev–Trinajstić information content (AvgIpc) is 3.00. The van der Waals surface area contributed by atoms with Crippen molar-refractivity contribution in [3.8, 4) is 0 Å². The summed E-state index contributed by atoms with van der Waals surface area (Å²) in [6.07, 6.45) is 46.3. The molecule has 0 bridgehead atoms. The van der Waals surface area contributed by atoms with E-state index in [1.165, 1.54) is 57.8 Å². The summed E-state index contributed by atoms with van der Waals surface area (Å²) < 4.78 is 5.75. The molecule has 0 fully saturated rings. The number of Topliss-reactive ketones (excluding diaryl/α,β-unsaturated/α-hetero) is 1. The largest absolute Gasteiger partial charge is 0.461 e. The molecule has 0 aromatic heterocycles. The molecule has 0 saturated heterocycles. The Balaban J connectivity index is 3.88. The second kappa shape index (κ2) is 34.7. The Bertz CT molecular complexity index is 821. The molecule has 45 heavy (non-hydrogen) atoms. The van der Waals surface area contributed by atoms with Gasteiger partial charge in [0.1, 0.15) is 11.9 Å². The van der Waals surface area contributed by atoms with Gasteiger partial charge in [-0.15, -0.1) is 0 Å². The maximum Gasteiger partial charge on any atom is 0.306 e. The highest BCUT2D eigenvalue weighted by Crippen LogP contribution is 2.13. The number of carbonyl (C=O) groups is 2. The van der Waals surface area contributed by atoms with E-state index in [1.807, 2.05) is 19.0 Å². The first-order valence-corrected chi connectivity index (χ1v) is 18.6. The van der Waals surface area contributed by atoms with Crippen LogP contribution in [0.4, 0.5) is 0 Å². The van der Waals surface area contributed by atoms with Gasteiger partial charge in [-0.2, -0.15) is 0 Å². The molecule has 0 aliphatic carbocycles. The number of unbranched alkanes of at least 4 members (excludes halogenated alkanes) is 13. The summed E-state index contributed by atoms with van der Waals surface area (Å²) in [5.41, 5.74) is 0. The molecule has 0 spiro atoms. The van der Waals surface area contributed by atoms with Crippen LogP contribution in [-0.4, -0.2) is 43.4 Å². The van der Waals surface area contributed by atoms with Gasteiger partial charge in [-0.3, -0.25) is 9.59 Å². The van der Waals surface area contributed by atoms with E-state index in [4.69, 9.17) is 4.74 Å². The minimum Gasteiger partial charge on any atom is -0.461 e. The van der Waals surface area contributed by atoms with Crippen molar-refractivity contribution >= 4 is 11.8 Å². The molecule has 0 aromatic rings. The number of ketones is 1. The molecular formula is C41H71NO3. The van der Waals surface area contributed by atoms with E-state index in [-0.39, 0.29) is 17.9 Å². The Morgan fingerprint density at radius 3 is 1.51 bits per heavy atom. The van der Waals surface area contributed by atoms with Gasteiger partial charge in [0.2, 0.25) is 0 Å². The van der Waals surface area contributed by atoms with Crippen LogP contribution in [0.15, 0.2) is 60.8 Å². The maximum atomic E-state index is 12.6. The molecule has 0 rings (SSSR count). The summed E-state index contributed by atoms with van der Waals surface area (Å²) >= 11 is 0. The number of nitrogens with zero attached hydrogens (tertiary/aromatic N) is 1. The average molecular weight is 626 g/mol. The Morgan fingerprint density at radius 2 is 1.00 bits per heavy atom. The molecule has 0 amide bonds. The molecule has 0 saturated carbocycles. The summed E-state index contributed by atoms with van der Waals surface area (Å²) in [4.78, 5) is 27.1. The Labute approximate surface area is 279 Å². The van der Waals surface area contributed by atoms with Gasteiger partial charge in [0, 0.05) is 25.8 Å². The highest BCUT2D eigenvalue weighted by atomic mass is 16.5. The third-order valence-corrected chi connectivity index (χ3v) is 7.76. The van der Waals surface area contributed by atoms with E-state index < -0.39 is 0 Å². The van der Waals surface area contributed by atoms with Crippen molar-refractivity contribution in [3.63, 3.8) is 0 Å². The normalized spacial score (nSPS) is 13.1. The van der Waals surface area contributed by atoms with Crippen molar-refractivity contribution in [2.45, 2.75) is 168 Å². The minimum absolute atomic E-state index is 0.158. The lowest BCUT2D eigenvalue weighted by Crippen LogP contribution is -2.32. The SMILES string of the molecule is CC/C=C\C/C=C\C/C=C\CCCCCCCC(=O)CC(CN(C)C)OC(=O)CCCCCCC/C=C\C/C=C\CCCCC.